The molecule has 1 aliphatic heterocycles. The summed E-state index contributed by atoms with van der Waals surface area (Å²) in [5.74, 6) is 3.97. The standard InChI is InChI=1S/C26H27NO5/c1-18-16-27(26(28)30-3)17-23(18)19-9-14-24(29-2)25(15-19)32-22-12-10-21(11-13-22)31-20-7-5-4-6-8-20/h4-15,18,23H,16-17H2,1-3H3/t18-,23+/m0/s1. The van der Waals surface area contributed by atoms with Crippen molar-refractivity contribution in [2.75, 3.05) is 27.3 Å². The van der Waals surface area contributed by atoms with Crippen molar-refractivity contribution in [1.29, 1.82) is 0 Å². The summed E-state index contributed by atoms with van der Waals surface area (Å²) >= 11 is 0. The SMILES string of the molecule is COC(=O)N1C[C@H](C)[C@H](c2ccc(OC)c(Oc3ccc(Oc4ccccc4)cc3)c2)C1. The molecule has 1 heterocycles. The van der Waals surface area contributed by atoms with Crippen molar-refractivity contribution in [2.45, 2.75) is 12.8 Å². The van der Waals surface area contributed by atoms with Crippen LogP contribution in [-0.2, 0) is 4.74 Å². The van der Waals surface area contributed by atoms with Crippen LogP contribution in [0.3, 0.4) is 0 Å². The molecular weight excluding hydrogens is 406 g/mol. The second kappa shape index (κ2) is 9.64. The van der Waals surface area contributed by atoms with E-state index < -0.39 is 0 Å². The van der Waals surface area contributed by atoms with Crippen LogP contribution in [0, 0.1) is 5.92 Å². The lowest BCUT2D eigenvalue weighted by Crippen LogP contribution is -2.28. The second-order valence-corrected chi connectivity index (χ2v) is 7.86. The fourth-order valence-corrected chi connectivity index (χ4v) is 4.01. The first kappa shape index (κ1) is 21.6. The highest BCUT2D eigenvalue weighted by Gasteiger charge is 2.34. The number of likely N-dealkylation sites (tertiary alicyclic amines) is 1. The summed E-state index contributed by atoms with van der Waals surface area (Å²) in [5, 5.41) is 0. The van der Waals surface area contributed by atoms with Gasteiger partial charge in [-0.25, -0.2) is 4.79 Å². The van der Waals surface area contributed by atoms with E-state index in [-0.39, 0.29) is 12.0 Å². The molecule has 3 aromatic carbocycles. The number of hydrogen-bond donors (Lipinski definition) is 0. The van der Waals surface area contributed by atoms with Gasteiger partial charge < -0.3 is 23.8 Å². The van der Waals surface area contributed by atoms with E-state index in [9.17, 15) is 4.79 Å². The van der Waals surface area contributed by atoms with Gasteiger partial charge in [0, 0.05) is 19.0 Å². The van der Waals surface area contributed by atoms with Crippen LogP contribution >= 0.6 is 0 Å². The fourth-order valence-electron chi connectivity index (χ4n) is 4.01. The Kier molecular flexibility index (Phi) is 6.50. The summed E-state index contributed by atoms with van der Waals surface area (Å²) in [7, 11) is 3.03. The van der Waals surface area contributed by atoms with Crippen molar-refractivity contribution in [2.24, 2.45) is 5.92 Å². The first-order valence-corrected chi connectivity index (χ1v) is 10.6. The van der Waals surface area contributed by atoms with Crippen LogP contribution in [-0.4, -0.2) is 38.3 Å². The van der Waals surface area contributed by atoms with E-state index in [0.29, 0.717) is 36.3 Å². The van der Waals surface area contributed by atoms with Gasteiger partial charge in [0.15, 0.2) is 11.5 Å². The van der Waals surface area contributed by atoms with Gasteiger partial charge in [-0.15, -0.1) is 0 Å². The van der Waals surface area contributed by atoms with E-state index in [2.05, 4.69) is 6.92 Å². The van der Waals surface area contributed by atoms with Crippen molar-refractivity contribution >= 4 is 6.09 Å². The van der Waals surface area contributed by atoms with Crippen LogP contribution in [0.2, 0.25) is 0 Å². The molecule has 0 N–H and O–H groups in total. The lowest BCUT2D eigenvalue weighted by molar-refractivity contribution is 0.131. The monoisotopic (exact) mass is 433 g/mol. The third-order valence-corrected chi connectivity index (χ3v) is 5.69. The summed E-state index contributed by atoms with van der Waals surface area (Å²) in [6, 6.07) is 23.0. The number of hydrogen-bond acceptors (Lipinski definition) is 5. The molecular formula is C26H27NO5. The maximum absolute atomic E-state index is 11.9. The van der Waals surface area contributed by atoms with E-state index >= 15 is 0 Å². The molecule has 6 heteroatoms. The van der Waals surface area contributed by atoms with Gasteiger partial charge in [-0.05, 0) is 60.0 Å². The zero-order valence-corrected chi connectivity index (χ0v) is 18.5. The van der Waals surface area contributed by atoms with E-state index in [4.69, 9.17) is 18.9 Å². The minimum absolute atomic E-state index is 0.198. The topological polar surface area (TPSA) is 57.2 Å². The third kappa shape index (κ3) is 4.80. The molecule has 1 amide bonds. The molecule has 1 fully saturated rings. The number of carbonyl (C=O) groups is 1. The average molecular weight is 434 g/mol. The Morgan fingerprint density at radius 2 is 1.47 bits per heavy atom. The Hall–Kier alpha value is -3.67. The van der Waals surface area contributed by atoms with Crippen molar-refractivity contribution in [3.05, 3.63) is 78.4 Å². The van der Waals surface area contributed by atoms with E-state index in [1.54, 1.807) is 12.0 Å². The van der Waals surface area contributed by atoms with E-state index in [1.165, 1.54) is 7.11 Å². The van der Waals surface area contributed by atoms with Crippen molar-refractivity contribution < 1.29 is 23.7 Å². The normalized spacial score (nSPS) is 17.7. The Labute approximate surface area is 188 Å². The number of carbonyl (C=O) groups excluding carboxylic acids is 1. The van der Waals surface area contributed by atoms with Gasteiger partial charge in [0.05, 0.1) is 14.2 Å². The lowest BCUT2D eigenvalue weighted by Gasteiger charge is -2.18. The molecule has 1 saturated heterocycles. The molecule has 0 bridgehead atoms. The summed E-state index contributed by atoms with van der Waals surface area (Å²) < 4.78 is 22.4. The lowest BCUT2D eigenvalue weighted by atomic mass is 9.90. The minimum Gasteiger partial charge on any atom is -0.493 e. The van der Waals surface area contributed by atoms with Crippen LogP contribution in [0.15, 0.2) is 72.8 Å². The highest BCUT2D eigenvalue weighted by molar-refractivity contribution is 5.68. The van der Waals surface area contributed by atoms with Gasteiger partial charge in [-0.3, -0.25) is 0 Å². The Bertz CT molecular complexity index is 1050. The van der Waals surface area contributed by atoms with Crippen LogP contribution in [0.25, 0.3) is 0 Å². The quantitative estimate of drug-likeness (QED) is 0.471. The van der Waals surface area contributed by atoms with Gasteiger partial charge in [-0.1, -0.05) is 31.2 Å². The predicted octanol–water partition coefficient (Wildman–Crippen LogP) is 6.08. The Morgan fingerprint density at radius 1 is 0.812 bits per heavy atom. The molecule has 2 atom stereocenters. The molecule has 32 heavy (non-hydrogen) atoms. The number of para-hydroxylation sites is 1. The molecule has 0 spiro atoms. The van der Waals surface area contributed by atoms with Crippen LogP contribution in [0.5, 0.6) is 28.7 Å². The summed E-state index contributed by atoms with van der Waals surface area (Å²) in [6.45, 7) is 3.43. The number of methoxy groups -OCH3 is 2. The Morgan fingerprint density at radius 3 is 2.12 bits per heavy atom. The average Bonchev–Trinajstić information content (AvgIpc) is 3.22. The molecule has 0 aromatic heterocycles. The van der Waals surface area contributed by atoms with Gasteiger partial charge in [0.25, 0.3) is 0 Å². The number of nitrogens with zero attached hydrogens (tertiary/aromatic N) is 1. The van der Waals surface area contributed by atoms with E-state index in [0.717, 1.165) is 17.1 Å². The smallest absolute Gasteiger partial charge is 0.409 e. The first-order valence-electron chi connectivity index (χ1n) is 10.6. The van der Waals surface area contributed by atoms with E-state index in [1.807, 2.05) is 72.8 Å². The summed E-state index contributed by atoms with van der Waals surface area (Å²) in [4.78, 5) is 13.7. The number of amides is 1. The van der Waals surface area contributed by atoms with Crippen molar-refractivity contribution in [1.82, 2.24) is 4.90 Å². The maximum Gasteiger partial charge on any atom is 0.409 e. The zero-order chi connectivity index (χ0) is 22.5. The van der Waals surface area contributed by atoms with Crippen LogP contribution in [0.1, 0.15) is 18.4 Å². The largest absolute Gasteiger partial charge is 0.493 e. The first-order chi connectivity index (χ1) is 15.6. The number of benzene rings is 3. The Balaban J connectivity index is 1.50. The highest BCUT2D eigenvalue weighted by atomic mass is 16.5. The molecule has 166 valence electrons. The predicted molar refractivity (Wildman–Crippen MR) is 122 cm³/mol. The molecule has 0 radical (unpaired) electrons. The van der Waals surface area contributed by atoms with Crippen LogP contribution in [0.4, 0.5) is 4.79 Å². The number of rotatable bonds is 6. The van der Waals surface area contributed by atoms with Gasteiger partial charge >= 0.3 is 6.09 Å². The van der Waals surface area contributed by atoms with Crippen molar-refractivity contribution in [3.63, 3.8) is 0 Å². The van der Waals surface area contributed by atoms with Gasteiger partial charge in [0.1, 0.15) is 17.2 Å². The molecule has 1 aliphatic rings. The van der Waals surface area contributed by atoms with Crippen LogP contribution < -0.4 is 14.2 Å². The maximum atomic E-state index is 11.9. The number of ether oxygens (including phenoxy) is 4. The fraction of sp³-hybridized carbons (Fsp3) is 0.269. The van der Waals surface area contributed by atoms with Crippen molar-refractivity contribution in [3.8, 4) is 28.7 Å². The highest BCUT2D eigenvalue weighted by Crippen LogP contribution is 2.39. The summed E-state index contributed by atoms with van der Waals surface area (Å²) in [5.41, 5.74) is 1.10. The third-order valence-electron chi connectivity index (χ3n) is 5.69. The van der Waals surface area contributed by atoms with Gasteiger partial charge in [0.2, 0.25) is 0 Å². The molecule has 0 aliphatic carbocycles. The molecule has 3 aromatic rings. The molecule has 0 unspecified atom stereocenters. The zero-order valence-electron chi connectivity index (χ0n) is 18.5. The summed E-state index contributed by atoms with van der Waals surface area (Å²) in [6.07, 6.45) is -0.290. The minimum atomic E-state index is -0.290. The molecule has 6 nitrogen and oxygen atoms in total. The second-order valence-electron chi connectivity index (χ2n) is 7.86. The molecule has 0 saturated carbocycles. The molecule has 4 rings (SSSR count). The van der Waals surface area contributed by atoms with Gasteiger partial charge in [-0.2, -0.15) is 0 Å².